The minimum absolute atomic E-state index is 0.0369. The van der Waals surface area contributed by atoms with Gasteiger partial charge in [-0.2, -0.15) is 5.10 Å². The van der Waals surface area contributed by atoms with E-state index in [0.29, 0.717) is 25.8 Å². The first-order chi connectivity index (χ1) is 11.0. The highest BCUT2D eigenvalue weighted by atomic mass is 16.3. The molecule has 0 saturated carbocycles. The molecule has 2 N–H and O–H groups in total. The topological polar surface area (TPSA) is 67.2 Å². The summed E-state index contributed by atoms with van der Waals surface area (Å²) in [5.41, 5.74) is 2.05. The lowest BCUT2D eigenvalue weighted by Crippen LogP contribution is -2.29. The molecule has 2 unspecified atom stereocenters. The molecular formula is C18H25N3O2. The Labute approximate surface area is 137 Å². The number of hydrogen-bond acceptors (Lipinski definition) is 3. The van der Waals surface area contributed by atoms with Gasteiger partial charge in [0.2, 0.25) is 5.91 Å². The molecule has 2 rings (SSSR count). The number of para-hydroxylation sites is 1. The summed E-state index contributed by atoms with van der Waals surface area (Å²) in [4.78, 5) is 11.9. The van der Waals surface area contributed by atoms with Gasteiger partial charge in [-0.05, 0) is 43.4 Å². The fraction of sp³-hybridized carbons (Fsp3) is 0.444. The van der Waals surface area contributed by atoms with Crippen LogP contribution >= 0.6 is 0 Å². The largest absolute Gasteiger partial charge is 0.393 e. The maximum atomic E-state index is 11.9. The predicted molar refractivity (Wildman–Crippen MR) is 90.4 cm³/mol. The molecule has 0 radical (unpaired) electrons. The summed E-state index contributed by atoms with van der Waals surface area (Å²) in [7, 11) is 0. The lowest BCUT2D eigenvalue weighted by Gasteiger charge is -2.14. The zero-order valence-electron chi connectivity index (χ0n) is 13.8. The molecule has 1 amide bonds. The van der Waals surface area contributed by atoms with E-state index in [1.165, 1.54) is 0 Å². The Balaban J connectivity index is 1.76. The molecule has 1 heterocycles. The number of amides is 1. The van der Waals surface area contributed by atoms with E-state index in [2.05, 4.69) is 10.4 Å². The second-order valence-corrected chi connectivity index (χ2v) is 6.12. The van der Waals surface area contributed by atoms with Gasteiger partial charge < -0.3 is 10.4 Å². The summed E-state index contributed by atoms with van der Waals surface area (Å²) < 4.78 is 1.82. The number of hydrogen-bond donors (Lipinski definition) is 2. The molecule has 2 atom stereocenters. The number of nitrogens with zero attached hydrogens (tertiary/aromatic N) is 2. The van der Waals surface area contributed by atoms with Gasteiger partial charge in [0.1, 0.15) is 0 Å². The van der Waals surface area contributed by atoms with Crippen LogP contribution in [0.25, 0.3) is 5.69 Å². The SMILES string of the molecule is CC(O)CC(C)CNC(=O)CCc1cnn(-c2ccccc2)c1. The van der Waals surface area contributed by atoms with E-state index in [4.69, 9.17) is 0 Å². The van der Waals surface area contributed by atoms with Gasteiger partial charge in [-0.3, -0.25) is 4.79 Å². The average molecular weight is 315 g/mol. The number of aliphatic hydroxyl groups is 1. The summed E-state index contributed by atoms with van der Waals surface area (Å²) in [6.45, 7) is 4.40. The van der Waals surface area contributed by atoms with Crippen LogP contribution in [0.15, 0.2) is 42.7 Å². The van der Waals surface area contributed by atoms with Gasteiger partial charge in [0.25, 0.3) is 0 Å². The monoisotopic (exact) mass is 315 g/mol. The lowest BCUT2D eigenvalue weighted by atomic mass is 10.0. The molecule has 0 saturated heterocycles. The fourth-order valence-corrected chi connectivity index (χ4v) is 2.51. The third-order valence-corrected chi connectivity index (χ3v) is 3.69. The van der Waals surface area contributed by atoms with Gasteiger partial charge in [0, 0.05) is 19.2 Å². The van der Waals surface area contributed by atoms with E-state index < -0.39 is 0 Å². The number of benzene rings is 1. The molecule has 124 valence electrons. The van der Waals surface area contributed by atoms with Crippen LogP contribution in [0.4, 0.5) is 0 Å². The first-order valence-corrected chi connectivity index (χ1v) is 8.08. The van der Waals surface area contributed by atoms with Crippen LogP contribution in [0.1, 0.15) is 32.3 Å². The van der Waals surface area contributed by atoms with Crippen molar-refractivity contribution in [2.24, 2.45) is 5.92 Å². The Hall–Kier alpha value is -2.14. The van der Waals surface area contributed by atoms with Crippen LogP contribution in [0.5, 0.6) is 0 Å². The summed E-state index contributed by atoms with van der Waals surface area (Å²) in [6.07, 6.45) is 5.25. The summed E-state index contributed by atoms with van der Waals surface area (Å²) in [5.74, 6) is 0.315. The molecule has 5 nitrogen and oxygen atoms in total. The van der Waals surface area contributed by atoms with Crippen molar-refractivity contribution >= 4 is 5.91 Å². The van der Waals surface area contributed by atoms with Crippen molar-refractivity contribution in [3.8, 4) is 5.69 Å². The van der Waals surface area contributed by atoms with E-state index in [1.54, 1.807) is 13.1 Å². The van der Waals surface area contributed by atoms with Gasteiger partial charge in [-0.15, -0.1) is 0 Å². The fourth-order valence-electron chi connectivity index (χ4n) is 2.51. The second-order valence-electron chi connectivity index (χ2n) is 6.12. The summed E-state index contributed by atoms with van der Waals surface area (Å²) in [6, 6.07) is 9.90. The number of nitrogens with one attached hydrogen (secondary N) is 1. The molecular weight excluding hydrogens is 290 g/mol. The Kier molecular flexibility index (Phi) is 6.35. The van der Waals surface area contributed by atoms with Crippen LogP contribution in [0.3, 0.4) is 0 Å². The molecule has 1 aromatic carbocycles. The predicted octanol–water partition coefficient (Wildman–Crippen LogP) is 2.33. The third-order valence-electron chi connectivity index (χ3n) is 3.69. The van der Waals surface area contributed by atoms with E-state index in [0.717, 1.165) is 11.3 Å². The normalized spacial score (nSPS) is 13.5. The van der Waals surface area contributed by atoms with E-state index in [9.17, 15) is 9.90 Å². The van der Waals surface area contributed by atoms with Crippen LogP contribution in [0, 0.1) is 5.92 Å². The van der Waals surface area contributed by atoms with Crippen molar-refractivity contribution in [2.75, 3.05) is 6.54 Å². The van der Waals surface area contributed by atoms with Crippen molar-refractivity contribution in [2.45, 2.75) is 39.2 Å². The average Bonchev–Trinajstić information content (AvgIpc) is 3.00. The maximum absolute atomic E-state index is 11.9. The molecule has 0 bridgehead atoms. The Morgan fingerprint density at radius 3 is 2.74 bits per heavy atom. The molecule has 2 aromatic rings. The highest BCUT2D eigenvalue weighted by Gasteiger charge is 2.09. The quantitative estimate of drug-likeness (QED) is 0.785. The molecule has 1 aromatic heterocycles. The maximum Gasteiger partial charge on any atom is 0.220 e. The first-order valence-electron chi connectivity index (χ1n) is 8.08. The van der Waals surface area contributed by atoms with Crippen molar-refractivity contribution in [3.63, 3.8) is 0 Å². The highest BCUT2D eigenvalue weighted by molar-refractivity contribution is 5.76. The van der Waals surface area contributed by atoms with Crippen LogP contribution in [-0.4, -0.2) is 33.4 Å². The zero-order chi connectivity index (χ0) is 16.7. The van der Waals surface area contributed by atoms with Crippen LogP contribution < -0.4 is 5.32 Å². The van der Waals surface area contributed by atoms with Crippen molar-refractivity contribution < 1.29 is 9.90 Å². The van der Waals surface area contributed by atoms with Crippen molar-refractivity contribution in [1.29, 1.82) is 0 Å². The zero-order valence-corrected chi connectivity index (χ0v) is 13.8. The number of aryl methyl sites for hydroxylation is 1. The lowest BCUT2D eigenvalue weighted by molar-refractivity contribution is -0.121. The van der Waals surface area contributed by atoms with Crippen LogP contribution in [-0.2, 0) is 11.2 Å². The van der Waals surface area contributed by atoms with Gasteiger partial charge in [0.15, 0.2) is 0 Å². The van der Waals surface area contributed by atoms with Gasteiger partial charge in [0.05, 0.1) is 18.0 Å². The molecule has 0 aliphatic carbocycles. The molecule has 5 heteroatoms. The van der Waals surface area contributed by atoms with E-state index in [-0.39, 0.29) is 17.9 Å². The highest BCUT2D eigenvalue weighted by Crippen LogP contribution is 2.09. The minimum atomic E-state index is -0.328. The molecule has 0 fully saturated rings. The molecule has 0 spiro atoms. The van der Waals surface area contributed by atoms with Gasteiger partial charge >= 0.3 is 0 Å². The summed E-state index contributed by atoms with van der Waals surface area (Å²) >= 11 is 0. The molecule has 0 aliphatic rings. The van der Waals surface area contributed by atoms with E-state index >= 15 is 0 Å². The standard InChI is InChI=1S/C18H25N3O2/c1-14(10-15(2)22)11-19-18(23)9-8-16-12-20-21(13-16)17-6-4-3-5-7-17/h3-7,12-15,22H,8-11H2,1-2H3,(H,19,23). The molecule has 0 aliphatic heterocycles. The second kappa shape index (κ2) is 8.48. The first kappa shape index (κ1) is 17.2. The van der Waals surface area contributed by atoms with Crippen LogP contribution in [0.2, 0.25) is 0 Å². The number of aliphatic hydroxyl groups excluding tert-OH is 1. The Morgan fingerprint density at radius 2 is 2.04 bits per heavy atom. The number of aromatic nitrogens is 2. The summed E-state index contributed by atoms with van der Waals surface area (Å²) in [5, 5.41) is 16.6. The number of carbonyl (C=O) groups excluding carboxylic acids is 1. The Bertz CT molecular complexity index is 608. The molecule has 23 heavy (non-hydrogen) atoms. The van der Waals surface area contributed by atoms with Crippen molar-refractivity contribution in [1.82, 2.24) is 15.1 Å². The van der Waals surface area contributed by atoms with Gasteiger partial charge in [-0.1, -0.05) is 25.1 Å². The van der Waals surface area contributed by atoms with Gasteiger partial charge in [-0.25, -0.2) is 4.68 Å². The number of carbonyl (C=O) groups is 1. The Morgan fingerprint density at radius 1 is 1.30 bits per heavy atom. The van der Waals surface area contributed by atoms with E-state index in [1.807, 2.05) is 48.1 Å². The minimum Gasteiger partial charge on any atom is -0.393 e. The third kappa shape index (κ3) is 5.87. The smallest absolute Gasteiger partial charge is 0.220 e. The van der Waals surface area contributed by atoms with Crippen molar-refractivity contribution in [3.05, 3.63) is 48.3 Å². The number of rotatable bonds is 8.